The minimum atomic E-state index is -0.474. The summed E-state index contributed by atoms with van der Waals surface area (Å²) in [5.74, 6) is 0.329. The highest BCUT2D eigenvalue weighted by atomic mass is 35.5. The fourth-order valence-corrected chi connectivity index (χ4v) is 2.28. The number of fused-ring (bicyclic) bond motifs is 1. The highest BCUT2D eigenvalue weighted by Crippen LogP contribution is 2.28. The summed E-state index contributed by atoms with van der Waals surface area (Å²) in [6.07, 6.45) is 1.86. The van der Waals surface area contributed by atoms with Gasteiger partial charge in [-0.1, -0.05) is 29.8 Å². The highest BCUT2D eigenvalue weighted by Gasteiger charge is 2.15. The van der Waals surface area contributed by atoms with Gasteiger partial charge in [0.1, 0.15) is 5.76 Å². The molecule has 0 N–H and O–H groups in total. The topological polar surface area (TPSA) is 48.0 Å². The summed E-state index contributed by atoms with van der Waals surface area (Å²) in [6.45, 7) is 1.61. The van der Waals surface area contributed by atoms with Crippen LogP contribution in [0.15, 0.2) is 39.7 Å². The number of halogens is 1. The molecule has 0 saturated heterocycles. The molecule has 0 fully saturated rings. The molecule has 0 unspecified atom stereocenters. The third-order valence-corrected chi connectivity index (χ3v) is 3.44. The van der Waals surface area contributed by atoms with E-state index in [9.17, 15) is 4.79 Å². The lowest BCUT2D eigenvalue weighted by atomic mass is 10.1. The minimum Gasteiger partial charge on any atom is -0.423 e. The van der Waals surface area contributed by atoms with Crippen LogP contribution < -0.4 is 5.63 Å². The van der Waals surface area contributed by atoms with E-state index < -0.39 is 5.63 Å². The molecule has 19 heavy (non-hydrogen) atoms. The monoisotopic (exact) mass is 274 g/mol. The Bertz CT molecular complexity index is 833. The molecule has 0 amide bonds. The molecule has 0 aliphatic rings. The van der Waals surface area contributed by atoms with Crippen molar-refractivity contribution in [1.82, 2.24) is 9.55 Å². The van der Waals surface area contributed by atoms with Gasteiger partial charge in [0.15, 0.2) is 10.8 Å². The molecule has 3 aromatic rings. The molecule has 4 nitrogen and oxygen atoms in total. The predicted octanol–water partition coefficient (Wildman–Crippen LogP) is 3.16. The summed E-state index contributed by atoms with van der Waals surface area (Å²) >= 11 is 5.94. The zero-order valence-electron chi connectivity index (χ0n) is 10.5. The van der Waals surface area contributed by atoms with Gasteiger partial charge in [-0.05, 0) is 13.0 Å². The van der Waals surface area contributed by atoms with E-state index >= 15 is 0 Å². The number of rotatable bonds is 1. The Kier molecular flexibility index (Phi) is 2.68. The molecule has 2 heterocycles. The molecule has 0 spiro atoms. The third kappa shape index (κ3) is 1.85. The number of aryl methyl sites for hydroxylation is 2. The molecule has 2 aromatic heterocycles. The summed E-state index contributed by atoms with van der Waals surface area (Å²) in [4.78, 5) is 16.1. The molecule has 96 valence electrons. The maximum atomic E-state index is 11.9. The summed E-state index contributed by atoms with van der Waals surface area (Å²) in [5, 5.41) is 1.16. The largest absolute Gasteiger partial charge is 0.423 e. The number of nitrogens with zero attached hydrogens (tertiary/aromatic N) is 2. The molecule has 0 atom stereocenters. The first-order valence-corrected chi connectivity index (χ1v) is 6.17. The quantitative estimate of drug-likeness (QED) is 0.685. The first-order chi connectivity index (χ1) is 9.08. The number of para-hydroxylation sites is 1. The van der Waals surface area contributed by atoms with Crippen LogP contribution in [0.3, 0.4) is 0 Å². The predicted molar refractivity (Wildman–Crippen MR) is 74.4 cm³/mol. The molecule has 5 heteroatoms. The van der Waals surface area contributed by atoms with E-state index in [0.717, 1.165) is 16.5 Å². The van der Waals surface area contributed by atoms with E-state index in [0.29, 0.717) is 5.76 Å². The van der Waals surface area contributed by atoms with Gasteiger partial charge in [-0.2, -0.15) is 0 Å². The van der Waals surface area contributed by atoms with Gasteiger partial charge in [0.25, 0.3) is 0 Å². The number of benzene rings is 1. The van der Waals surface area contributed by atoms with Crippen LogP contribution >= 0.6 is 11.6 Å². The Labute approximate surface area is 114 Å². The van der Waals surface area contributed by atoms with Gasteiger partial charge in [-0.3, -0.25) is 0 Å². The smallest absolute Gasteiger partial charge is 0.362 e. The van der Waals surface area contributed by atoms with Gasteiger partial charge in [0.05, 0.1) is 0 Å². The highest BCUT2D eigenvalue weighted by molar-refractivity contribution is 6.30. The van der Waals surface area contributed by atoms with Crippen LogP contribution in [0.4, 0.5) is 0 Å². The van der Waals surface area contributed by atoms with Crippen LogP contribution in [0.1, 0.15) is 5.76 Å². The van der Waals surface area contributed by atoms with Crippen LogP contribution in [0.5, 0.6) is 0 Å². The summed E-state index contributed by atoms with van der Waals surface area (Å²) in [7, 11) is 1.92. The molecule has 0 aliphatic carbocycles. The second kappa shape index (κ2) is 4.24. The molecule has 0 radical (unpaired) electrons. The Balaban J connectivity index is 2.37. The van der Waals surface area contributed by atoms with Crippen molar-refractivity contribution in [2.24, 2.45) is 7.05 Å². The molecule has 0 aliphatic heterocycles. The fraction of sp³-hybridized carbons (Fsp3) is 0.143. The molecule has 0 saturated carbocycles. The van der Waals surface area contributed by atoms with Gasteiger partial charge in [-0.15, -0.1) is 0 Å². The molecule has 0 bridgehead atoms. The van der Waals surface area contributed by atoms with Gasteiger partial charge in [-0.25, -0.2) is 9.78 Å². The second-order valence-electron chi connectivity index (χ2n) is 4.37. The van der Waals surface area contributed by atoms with E-state index in [4.69, 9.17) is 16.0 Å². The summed E-state index contributed by atoms with van der Waals surface area (Å²) in [5.41, 5.74) is 1.52. The lowest BCUT2D eigenvalue weighted by Crippen LogP contribution is -2.07. The minimum absolute atomic E-state index is 0.211. The van der Waals surface area contributed by atoms with Crippen LogP contribution in [0.2, 0.25) is 5.15 Å². The van der Waals surface area contributed by atoms with Crippen LogP contribution in [0, 0.1) is 6.92 Å². The number of aromatic nitrogens is 2. The number of hydrogen-bond donors (Lipinski definition) is 0. The standard InChI is InChI=1S/C14H11ClN2O2/c1-8-13(15)16-12(14(18)19-8)10-7-17(2)11-6-4-3-5-9(10)11/h3-7H,1-2H3. The molecular weight excluding hydrogens is 264 g/mol. The Morgan fingerprint density at radius 2 is 2.05 bits per heavy atom. The van der Waals surface area contributed by atoms with Crippen LogP contribution in [0.25, 0.3) is 22.2 Å². The Morgan fingerprint density at radius 1 is 1.32 bits per heavy atom. The van der Waals surface area contributed by atoms with Crippen molar-refractivity contribution >= 4 is 22.5 Å². The van der Waals surface area contributed by atoms with E-state index in [1.54, 1.807) is 6.92 Å². The lowest BCUT2D eigenvalue weighted by molar-refractivity contribution is 0.475. The normalized spacial score (nSPS) is 11.1. The third-order valence-electron chi connectivity index (χ3n) is 3.09. The van der Waals surface area contributed by atoms with E-state index in [1.165, 1.54) is 0 Å². The maximum absolute atomic E-state index is 11.9. The van der Waals surface area contributed by atoms with Crippen molar-refractivity contribution < 1.29 is 4.42 Å². The van der Waals surface area contributed by atoms with Gasteiger partial charge in [0.2, 0.25) is 0 Å². The zero-order valence-corrected chi connectivity index (χ0v) is 11.2. The zero-order chi connectivity index (χ0) is 13.6. The maximum Gasteiger partial charge on any atom is 0.362 e. The van der Waals surface area contributed by atoms with E-state index in [2.05, 4.69) is 4.98 Å². The molecule has 1 aromatic carbocycles. The van der Waals surface area contributed by atoms with Crippen molar-refractivity contribution in [3.63, 3.8) is 0 Å². The average Bonchev–Trinajstić information content (AvgIpc) is 2.72. The first-order valence-electron chi connectivity index (χ1n) is 5.79. The van der Waals surface area contributed by atoms with Crippen molar-refractivity contribution in [1.29, 1.82) is 0 Å². The van der Waals surface area contributed by atoms with Gasteiger partial charge < -0.3 is 8.98 Å². The van der Waals surface area contributed by atoms with Crippen molar-refractivity contribution in [3.8, 4) is 11.3 Å². The Morgan fingerprint density at radius 3 is 2.84 bits per heavy atom. The summed E-state index contributed by atoms with van der Waals surface area (Å²) in [6, 6.07) is 7.79. The van der Waals surface area contributed by atoms with Crippen LogP contribution in [-0.2, 0) is 7.05 Å². The summed E-state index contributed by atoms with van der Waals surface area (Å²) < 4.78 is 7.04. The van der Waals surface area contributed by atoms with E-state index in [-0.39, 0.29) is 10.8 Å². The van der Waals surface area contributed by atoms with Gasteiger partial charge >= 0.3 is 5.63 Å². The van der Waals surface area contributed by atoms with Crippen molar-refractivity contribution in [2.45, 2.75) is 6.92 Å². The fourth-order valence-electron chi connectivity index (χ4n) is 2.15. The number of hydrogen-bond acceptors (Lipinski definition) is 3. The van der Waals surface area contributed by atoms with Crippen molar-refractivity contribution in [2.75, 3.05) is 0 Å². The molecule has 3 rings (SSSR count). The first kappa shape index (κ1) is 12.0. The SMILES string of the molecule is Cc1oc(=O)c(-c2cn(C)c3ccccc23)nc1Cl. The second-order valence-corrected chi connectivity index (χ2v) is 4.73. The van der Waals surface area contributed by atoms with Crippen molar-refractivity contribution in [3.05, 3.63) is 51.8 Å². The van der Waals surface area contributed by atoms with Gasteiger partial charge in [0, 0.05) is 29.7 Å². The van der Waals surface area contributed by atoms with E-state index in [1.807, 2.05) is 42.1 Å². The average molecular weight is 275 g/mol. The Hall–Kier alpha value is -2.07. The molecular formula is C14H11ClN2O2. The lowest BCUT2D eigenvalue weighted by Gasteiger charge is -2.00. The van der Waals surface area contributed by atoms with Crippen LogP contribution in [-0.4, -0.2) is 9.55 Å².